The van der Waals surface area contributed by atoms with E-state index in [1.807, 2.05) is 46.5 Å². The number of carbonyl (C=O) groups excluding carboxylic acids is 1. The fourth-order valence-electron chi connectivity index (χ4n) is 1.76. The Balaban J connectivity index is 1.64. The first kappa shape index (κ1) is 19.1. The molecule has 0 aliphatic heterocycles. The predicted octanol–water partition coefficient (Wildman–Crippen LogP) is 3.87. The number of nitrogens with one attached hydrogen (secondary N) is 2. The van der Waals surface area contributed by atoms with Gasteiger partial charge in [-0.1, -0.05) is 51.9 Å². The highest BCUT2D eigenvalue weighted by molar-refractivity contribution is 8.76. The van der Waals surface area contributed by atoms with Crippen molar-refractivity contribution < 1.29 is 4.79 Å². The van der Waals surface area contributed by atoms with Crippen molar-refractivity contribution >= 4 is 44.1 Å². The van der Waals surface area contributed by atoms with Gasteiger partial charge in [-0.05, 0) is 14.1 Å². The average Bonchev–Trinajstić information content (AvgIpc) is 3.03. The molecular formula is C16H22N4OS3. The van der Waals surface area contributed by atoms with Crippen LogP contribution in [0.15, 0.2) is 35.7 Å². The molecule has 0 bridgehead atoms. The van der Waals surface area contributed by atoms with Crippen LogP contribution in [0.25, 0.3) is 11.3 Å². The van der Waals surface area contributed by atoms with E-state index in [1.165, 1.54) is 11.3 Å². The summed E-state index contributed by atoms with van der Waals surface area (Å²) in [5.41, 5.74) is 1.93. The zero-order chi connectivity index (χ0) is 17.2. The van der Waals surface area contributed by atoms with E-state index in [2.05, 4.69) is 34.6 Å². The summed E-state index contributed by atoms with van der Waals surface area (Å²) in [6.07, 6.45) is 0. The van der Waals surface area contributed by atoms with Gasteiger partial charge in [0.1, 0.15) is 0 Å². The Kier molecular flexibility index (Phi) is 8.44. The Labute approximate surface area is 155 Å². The van der Waals surface area contributed by atoms with Crippen LogP contribution >= 0.6 is 32.9 Å². The van der Waals surface area contributed by atoms with Crippen LogP contribution in [-0.4, -0.2) is 54.6 Å². The summed E-state index contributed by atoms with van der Waals surface area (Å²) in [6.45, 7) is 1.71. The van der Waals surface area contributed by atoms with Crippen molar-refractivity contribution in [3.63, 3.8) is 0 Å². The lowest BCUT2D eigenvalue weighted by Gasteiger charge is -2.08. The molecule has 0 saturated heterocycles. The predicted molar refractivity (Wildman–Crippen MR) is 108 cm³/mol. The standard InChI is InChI=1S/C16H22N4OS3/c1-20(2)9-11-24-23-10-8-17-15(21)19-16-18-14(12-22-16)13-6-4-3-5-7-13/h3-7,12H,8-11H2,1-2H3,(H2,17,18,19,21). The molecule has 2 rings (SSSR count). The lowest BCUT2D eigenvalue weighted by molar-refractivity contribution is 0.252. The molecule has 0 aliphatic rings. The summed E-state index contributed by atoms with van der Waals surface area (Å²) in [6, 6.07) is 9.72. The first-order valence-electron chi connectivity index (χ1n) is 7.60. The summed E-state index contributed by atoms with van der Waals surface area (Å²) in [7, 11) is 7.75. The number of rotatable bonds is 9. The van der Waals surface area contributed by atoms with Crippen LogP contribution < -0.4 is 10.6 Å². The summed E-state index contributed by atoms with van der Waals surface area (Å²) in [4.78, 5) is 18.5. The summed E-state index contributed by atoms with van der Waals surface area (Å²) < 4.78 is 0. The van der Waals surface area contributed by atoms with Crippen LogP contribution in [0.2, 0.25) is 0 Å². The molecule has 24 heavy (non-hydrogen) atoms. The van der Waals surface area contributed by atoms with E-state index in [9.17, 15) is 4.79 Å². The molecule has 0 radical (unpaired) electrons. The van der Waals surface area contributed by atoms with Crippen LogP contribution in [0.1, 0.15) is 0 Å². The molecule has 0 spiro atoms. The number of hydrogen-bond donors (Lipinski definition) is 2. The van der Waals surface area contributed by atoms with E-state index in [0.717, 1.165) is 29.3 Å². The van der Waals surface area contributed by atoms with Gasteiger partial charge in [0.2, 0.25) is 0 Å². The Hall–Kier alpha value is -1.22. The van der Waals surface area contributed by atoms with E-state index in [0.29, 0.717) is 11.7 Å². The number of benzene rings is 1. The second-order valence-electron chi connectivity index (χ2n) is 5.23. The second-order valence-corrected chi connectivity index (χ2v) is 8.79. The van der Waals surface area contributed by atoms with Crippen LogP contribution in [-0.2, 0) is 0 Å². The SMILES string of the molecule is CN(C)CCSSCCNC(=O)Nc1nc(-c2ccccc2)cs1. The van der Waals surface area contributed by atoms with Gasteiger partial charge in [0.25, 0.3) is 0 Å². The molecular weight excluding hydrogens is 360 g/mol. The van der Waals surface area contributed by atoms with E-state index < -0.39 is 0 Å². The maximum Gasteiger partial charge on any atom is 0.321 e. The minimum absolute atomic E-state index is 0.206. The van der Waals surface area contributed by atoms with Crippen molar-refractivity contribution in [2.24, 2.45) is 0 Å². The summed E-state index contributed by atoms with van der Waals surface area (Å²) in [5.74, 6) is 1.98. The van der Waals surface area contributed by atoms with Crippen molar-refractivity contribution in [3.8, 4) is 11.3 Å². The van der Waals surface area contributed by atoms with Crippen LogP contribution in [0.5, 0.6) is 0 Å². The molecule has 8 heteroatoms. The minimum Gasteiger partial charge on any atom is -0.337 e. The van der Waals surface area contributed by atoms with Crippen LogP contribution in [0.3, 0.4) is 0 Å². The molecule has 1 aromatic carbocycles. The van der Waals surface area contributed by atoms with Crippen molar-refractivity contribution in [1.29, 1.82) is 0 Å². The lowest BCUT2D eigenvalue weighted by Crippen LogP contribution is -2.30. The van der Waals surface area contributed by atoms with Gasteiger partial charge < -0.3 is 10.2 Å². The third-order valence-corrected chi connectivity index (χ3v) is 6.11. The number of hydrogen-bond acceptors (Lipinski definition) is 6. The Bertz CT molecular complexity index is 619. The second kappa shape index (κ2) is 10.6. The zero-order valence-corrected chi connectivity index (χ0v) is 16.3. The van der Waals surface area contributed by atoms with Gasteiger partial charge >= 0.3 is 6.03 Å². The van der Waals surface area contributed by atoms with E-state index in [4.69, 9.17) is 0 Å². The normalized spacial score (nSPS) is 10.8. The third kappa shape index (κ3) is 7.12. The van der Waals surface area contributed by atoms with Crippen LogP contribution in [0, 0.1) is 0 Å². The Morgan fingerprint density at radius 2 is 1.96 bits per heavy atom. The molecule has 130 valence electrons. The van der Waals surface area contributed by atoms with Gasteiger partial charge in [-0.15, -0.1) is 11.3 Å². The number of amides is 2. The average molecular weight is 383 g/mol. The molecule has 1 aromatic heterocycles. The number of aromatic nitrogens is 1. The first-order valence-corrected chi connectivity index (χ1v) is 11.0. The first-order chi connectivity index (χ1) is 11.6. The van der Waals surface area contributed by atoms with Gasteiger partial charge in [0.15, 0.2) is 5.13 Å². The largest absolute Gasteiger partial charge is 0.337 e. The molecule has 0 unspecified atom stereocenters. The Morgan fingerprint density at radius 1 is 1.21 bits per heavy atom. The number of carbonyl (C=O) groups is 1. The lowest BCUT2D eigenvalue weighted by atomic mass is 10.2. The number of anilines is 1. The smallest absolute Gasteiger partial charge is 0.321 e. The molecule has 2 N–H and O–H groups in total. The molecule has 2 amide bonds. The molecule has 0 fully saturated rings. The quantitative estimate of drug-likeness (QED) is 0.509. The monoisotopic (exact) mass is 382 g/mol. The minimum atomic E-state index is -0.206. The van der Waals surface area contributed by atoms with Gasteiger partial charge in [-0.3, -0.25) is 5.32 Å². The van der Waals surface area contributed by atoms with Crippen LogP contribution in [0.4, 0.5) is 9.93 Å². The van der Waals surface area contributed by atoms with Gasteiger partial charge in [0.05, 0.1) is 5.69 Å². The van der Waals surface area contributed by atoms with E-state index in [1.54, 1.807) is 10.8 Å². The van der Waals surface area contributed by atoms with E-state index >= 15 is 0 Å². The van der Waals surface area contributed by atoms with Crippen molar-refractivity contribution in [2.45, 2.75) is 0 Å². The zero-order valence-electron chi connectivity index (χ0n) is 13.8. The highest BCUT2D eigenvalue weighted by Crippen LogP contribution is 2.24. The Morgan fingerprint density at radius 3 is 2.71 bits per heavy atom. The fourth-order valence-corrected chi connectivity index (χ4v) is 4.51. The number of nitrogens with zero attached hydrogens (tertiary/aromatic N) is 2. The highest BCUT2D eigenvalue weighted by atomic mass is 33.1. The summed E-state index contributed by atoms with van der Waals surface area (Å²) >= 11 is 1.43. The fraction of sp³-hybridized carbons (Fsp3) is 0.375. The van der Waals surface area contributed by atoms with E-state index in [-0.39, 0.29) is 6.03 Å². The molecule has 0 aliphatic carbocycles. The van der Waals surface area contributed by atoms with Gasteiger partial charge in [-0.2, -0.15) is 0 Å². The number of urea groups is 1. The molecule has 2 aromatic rings. The maximum absolute atomic E-state index is 11.9. The molecule has 5 nitrogen and oxygen atoms in total. The maximum atomic E-state index is 11.9. The molecule has 0 atom stereocenters. The third-order valence-electron chi connectivity index (χ3n) is 2.97. The summed E-state index contributed by atoms with van der Waals surface area (Å²) in [5, 5.41) is 8.19. The van der Waals surface area contributed by atoms with Crippen molar-refractivity contribution in [1.82, 2.24) is 15.2 Å². The molecule has 1 heterocycles. The topological polar surface area (TPSA) is 57.3 Å². The van der Waals surface area contributed by atoms with Crippen molar-refractivity contribution in [3.05, 3.63) is 35.7 Å². The molecule has 0 saturated carbocycles. The van der Waals surface area contributed by atoms with Crippen molar-refractivity contribution in [2.75, 3.05) is 44.0 Å². The highest BCUT2D eigenvalue weighted by Gasteiger charge is 2.07. The number of thiazole rings is 1. The van der Waals surface area contributed by atoms with Gasteiger partial charge in [-0.25, -0.2) is 9.78 Å². The van der Waals surface area contributed by atoms with Gasteiger partial charge in [0, 0.05) is 35.5 Å².